The van der Waals surface area contributed by atoms with Crippen LogP contribution >= 0.6 is 0 Å². The first-order chi connectivity index (χ1) is 9.99. The molecule has 1 aromatic carbocycles. The van der Waals surface area contributed by atoms with Crippen LogP contribution in [-0.2, 0) is 23.1 Å². The first kappa shape index (κ1) is 15.5. The molecular weight excluding hydrogens is 292 g/mol. The van der Waals surface area contributed by atoms with Gasteiger partial charge in [-0.2, -0.15) is 5.10 Å². The number of H-pyrrole nitrogens is 1. The number of benzene rings is 1. The monoisotopic (exact) mass is 310 g/mol. The topological polar surface area (TPSA) is 110 Å². The quantitative estimate of drug-likeness (QED) is 0.726. The second kappa shape index (κ2) is 6.25. The molecule has 2 aromatic rings. The molecule has 4 N–H and O–H groups in total. The number of aryl methyl sites for hydroxylation is 1. The molecule has 0 saturated carbocycles. The average Bonchev–Trinajstić information content (AvgIpc) is 2.87. The molecule has 0 spiro atoms. The van der Waals surface area contributed by atoms with Crippen LogP contribution < -0.4 is 15.2 Å². The molecule has 114 valence electrons. The fourth-order valence-corrected chi connectivity index (χ4v) is 3.44. The van der Waals surface area contributed by atoms with Crippen LogP contribution in [0.25, 0.3) is 0 Å². The number of rotatable bonds is 6. The molecule has 21 heavy (non-hydrogen) atoms. The van der Waals surface area contributed by atoms with Gasteiger partial charge in [0.15, 0.2) is 0 Å². The first-order valence-electron chi connectivity index (χ1n) is 6.35. The van der Waals surface area contributed by atoms with Gasteiger partial charge in [0, 0.05) is 18.7 Å². The van der Waals surface area contributed by atoms with Gasteiger partial charge in [-0.15, -0.1) is 0 Å². The van der Waals surface area contributed by atoms with E-state index in [1.165, 1.54) is 0 Å². The SMILES string of the molecule is COc1ccccc1CNS(=O)(=O)c1c(CN)n[nH]c1C. The maximum atomic E-state index is 12.4. The minimum absolute atomic E-state index is 0.0508. The van der Waals surface area contributed by atoms with Crippen LogP contribution in [0.3, 0.4) is 0 Å². The molecule has 8 heteroatoms. The van der Waals surface area contributed by atoms with Crippen LogP contribution in [0.4, 0.5) is 0 Å². The Morgan fingerprint density at radius 3 is 2.76 bits per heavy atom. The van der Waals surface area contributed by atoms with Crippen LogP contribution in [0.2, 0.25) is 0 Å². The molecule has 7 nitrogen and oxygen atoms in total. The van der Waals surface area contributed by atoms with Crippen molar-refractivity contribution >= 4 is 10.0 Å². The first-order valence-corrected chi connectivity index (χ1v) is 7.83. The molecule has 0 unspecified atom stereocenters. The third-order valence-corrected chi connectivity index (χ3v) is 4.67. The third kappa shape index (κ3) is 3.23. The highest BCUT2D eigenvalue weighted by Crippen LogP contribution is 2.20. The summed E-state index contributed by atoms with van der Waals surface area (Å²) in [5.74, 6) is 0.628. The molecule has 0 bridgehead atoms. The number of ether oxygens (including phenoxy) is 1. The number of hydrogen-bond donors (Lipinski definition) is 3. The molecule has 0 amide bonds. The predicted octanol–water partition coefficient (Wildman–Crippen LogP) is 0.664. The van der Waals surface area contributed by atoms with Crippen molar-refractivity contribution in [1.29, 1.82) is 0 Å². The van der Waals surface area contributed by atoms with Crippen LogP contribution in [0.5, 0.6) is 5.75 Å². The molecule has 0 aliphatic heterocycles. The predicted molar refractivity (Wildman–Crippen MR) is 78.2 cm³/mol. The van der Waals surface area contributed by atoms with Crippen molar-refractivity contribution in [3.05, 3.63) is 41.2 Å². The summed E-state index contributed by atoms with van der Waals surface area (Å²) in [5, 5.41) is 6.54. The van der Waals surface area contributed by atoms with E-state index in [0.29, 0.717) is 17.1 Å². The lowest BCUT2D eigenvalue weighted by atomic mass is 10.2. The van der Waals surface area contributed by atoms with Crippen LogP contribution in [0, 0.1) is 6.92 Å². The van der Waals surface area contributed by atoms with Gasteiger partial charge in [-0.1, -0.05) is 18.2 Å². The number of nitrogens with zero attached hydrogens (tertiary/aromatic N) is 1. The van der Waals surface area contributed by atoms with Crippen LogP contribution in [0.15, 0.2) is 29.2 Å². The number of aromatic amines is 1. The van der Waals surface area contributed by atoms with Crippen molar-refractivity contribution in [3.63, 3.8) is 0 Å². The zero-order valence-electron chi connectivity index (χ0n) is 11.9. The molecule has 0 atom stereocenters. The Balaban J connectivity index is 2.24. The highest BCUT2D eigenvalue weighted by Gasteiger charge is 2.23. The van der Waals surface area contributed by atoms with Gasteiger partial charge in [0.05, 0.1) is 18.5 Å². The summed E-state index contributed by atoms with van der Waals surface area (Å²) in [6.45, 7) is 1.82. The number of methoxy groups -OCH3 is 1. The molecule has 0 aliphatic rings. The molecule has 0 saturated heterocycles. The van der Waals surface area contributed by atoms with Crippen molar-refractivity contribution in [2.24, 2.45) is 5.73 Å². The largest absolute Gasteiger partial charge is 0.496 e. The molecule has 1 aromatic heterocycles. The lowest BCUT2D eigenvalue weighted by Crippen LogP contribution is -2.25. The minimum Gasteiger partial charge on any atom is -0.496 e. The molecular formula is C13H18N4O3S. The summed E-state index contributed by atoms with van der Waals surface area (Å²) >= 11 is 0. The average molecular weight is 310 g/mol. The van der Waals surface area contributed by atoms with Crippen molar-refractivity contribution in [2.75, 3.05) is 7.11 Å². The van der Waals surface area contributed by atoms with Crippen molar-refractivity contribution < 1.29 is 13.2 Å². The standard InChI is InChI=1S/C13H18N4O3S/c1-9-13(11(7-14)17-16-9)21(18,19)15-8-10-5-3-4-6-12(10)20-2/h3-6,15H,7-8,14H2,1-2H3,(H,16,17). The van der Waals surface area contributed by atoms with Gasteiger partial charge in [0.1, 0.15) is 10.6 Å². The van der Waals surface area contributed by atoms with Gasteiger partial charge >= 0.3 is 0 Å². The van der Waals surface area contributed by atoms with Crippen molar-refractivity contribution in [2.45, 2.75) is 24.9 Å². The van der Waals surface area contributed by atoms with Gasteiger partial charge in [0.2, 0.25) is 10.0 Å². The summed E-state index contributed by atoms with van der Waals surface area (Å²) in [6.07, 6.45) is 0. The van der Waals surface area contributed by atoms with Gasteiger partial charge in [-0.25, -0.2) is 13.1 Å². The zero-order valence-corrected chi connectivity index (χ0v) is 12.7. The number of aromatic nitrogens is 2. The van der Waals surface area contributed by atoms with E-state index in [1.807, 2.05) is 12.1 Å². The second-order valence-corrected chi connectivity index (χ2v) is 6.17. The highest BCUT2D eigenvalue weighted by atomic mass is 32.2. The van der Waals surface area contributed by atoms with E-state index in [9.17, 15) is 8.42 Å². The number of hydrogen-bond acceptors (Lipinski definition) is 5. The van der Waals surface area contributed by atoms with Crippen molar-refractivity contribution in [1.82, 2.24) is 14.9 Å². The van der Waals surface area contributed by atoms with Crippen LogP contribution in [0.1, 0.15) is 17.0 Å². The van der Waals surface area contributed by atoms with E-state index in [0.717, 1.165) is 5.56 Å². The van der Waals surface area contributed by atoms with Gasteiger partial charge in [-0.05, 0) is 13.0 Å². The molecule has 0 fully saturated rings. The Morgan fingerprint density at radius 2 is 2.10 bits per heavy atom. The number of sulfonamides is 1. The fourth-order valence-electron chi connectivity index (χ4n) is 2.06. The van der Waals surface area contributed by atoms with Gasteiger partial charge < -0.3 is 10.5 Å². The van der Waals surface area contributed by atoms with Crippen LogP contribution in [-0.4, -0.2) is 25.7 Å². The Labute approximate surface area is 123 Å². The summed E-state index contributed by atoms with van der Waals surface area (Å²) in [4.78, 5) is 0.111. The van der Waals surface area contributed by atoms with E-state index in [4.69, 9.17) is 10.5 Å². The third-order valence-electron chi connectivity index (χ3n) is 3.07. The Kier molecular flexibility index (Phi) is 4.61. The molecule has 0 radical (unpaired) electrons. The summed E-state index contributed by atoms with van der Waals surface area (Å²) in [6, 6.07) is 7.22. The van der Waals surface area contributed by atoms with Crippen molar-refractivity contribution in [3.8, 4) is 5.75 Å². The number of nitrogens with two attached hydrogens (primary N) is 1. The molecule has 2 rings (SSSR count). The van der Waals surface area contributed by atoms with Gasteiger partial charge in [0.25, 0.3) is 0 Å². The zero-order chi connectivity index (χ0) is 15.5. The maximum Gasteiger partial charge on any atom is 0.244 e. The lowest BCUT2D eigenvalue weighted by Gasteiger charge is -2.10. The van der Waals surface area contributed by atoms with E-state index in [-0.39, 0.29) is 18.0 Å². The fraction of sp³-hybridized carbons (Fsp3) is 0.308. The molecule has 0 aliphatic carbocycles. The number of para-hydroxylation sites is 1. The second-order valence-electron chi connectivity index (χ2n) is 4.46. The Hall–Kier alpha value is -1.90. The maximum absolute atomic E-state index is 12.4. The van der Waals surface area contributed by atoms with E-state index in [1.54, 1.807) is 26.2 Å². The number of nitrogens with one attached hydrogen (secondary N) is 2. The summed E-state index contributed by atoms with van der Waals surface area (Å²) in [7, 11) is -2.15. The van der Waals surface area contributed by atoms with E-state index < -0.39 is 10.0 Å². The molecule has 1 heterocycles. The Bertz CT molecular complexity index is 725. The van der Waals surface area contributed by atoms with E-state index >= 15 is 0 Å². The summed E-state index contributed by atoms with van der Waals surface area (Å²) < 4.78 is 32.5. The minimum atomic E-state index is -3.69. The van der Waals surface area contributed by atoms with E-state index in [2.05, 4.69) is 14.9 Å². The summed E-state index contributed by atoms with van der Waals surface area (Å²) in [5.41, 5.74) is 7.05. The Morgan fingerprint density at radius 1 is 1.38 bits per heavy atom. The normalized spacial score (nSPS) is 11.6. The highest BCUT2D eigenvalue weighted by molar-refractivity contribution is 7.89. The lowest BCUT2D eigenvalue weighted by molar-refractivity contribution is 0.409. The smallest absolute Gasteiger partial charge is 0.244 e. The van der Waals surface area contributed by atoms with Gasteiger partial charge in [-0.3, -0.25) is 5.10 Å².